The van der Waals surface area contributed by atoms with Crippen LogP contribution in [-0.4, -0.2) is 0 Å². The van der Waals surface area contributed by atoms with E-state index >= 15 is 0 Å². The average Bonchev–Trinajstić information content (AvgIpc) is 1.85. The molecule has 1 nitrogen and oxygen atoms in total. The molecule has 0 N–H and O–H groups in total. The zero-order valence-corrected chi connectivity index (χ0v) is 6.09. The van der Waals surface area contributed by atoms with Crippen molar-refractivity contribution in [3.63, 3.8) is 0 Å². The summed E-state index contributed by atoms with van der Waals surface area (Å²) in [6.07, 6.45) is 5.82. The molecule has 0 aliphatic carbocycles. The molecule has 1 heteroatoms. The molecule has 0 spiro atoms. The first-order chi connectivity index (χ1) is 4.31. The lowest BCUT2D eigenvalue weighted by Crippen LogP contribution is -1.88. The summed E-state index contributed by atoms with van der Waals surface area (Å²) in [6.45, 7) is 4.09. The van der Waals surface area contributed by atoms with E-state index in [0.717, 1.165) is 6.42 Å². The predicted molar refractivity (Wildman–Crippen MR) is 38.8 cm³/mol. The third-order valence-electron chi connectivity index (χ3n) is 1.21. The van der Waals surface area contributed by atoms with E-state index in [1.807, 2.05) is 13.0 Å². The molecule has 0 amide bonds. The first-order valence-corrected chi connectivity index (χ1v) is 3.29. The van der Waals surface area contributed by atoms with Gasteiger partial charge in [0.25, 0.3) is 0 Å². The Bertz CT molecular complexity index is 119. The standard InChI is InChI=1S/C8H13N/c1-3-4-5-8(2)6-7-9/h3-4,8H,5-6H2,1-2H3. The molecule has 0 radical (unpaired) electrons. The molecule has 0 saturated carbocycles. The molecule has 0 rings (SSSR count). The Balaban J connectivity index is 3.29. The minimum absolute atomic E-state index is 0.520. The summed E-state index contributed by atoms with van der Waals surface area (Å²) in [5.74, 6) is 0.520. The largest absolute Gasteiger partial charge is 0.198 e. The second-order valence-corrected chi connectivity index (χ2v) is 2.27. The molecule has 0 heterocycles. The van der Waals surface area contributed by atoms with Crippen molar-refractivity contribution < 1.29 is 0 Å². The molecule has 9 heavy (non-hydrogen) atoms. The van der Waals surface area contributed by atoms with Crippen molar-refractivity contribution in [1.29, 1.82) is 5.26 Å². The van der Waals surface area contributed by atoms with Crippen LogP contribution in [0.15, 0.2) is 12.2 Å². The van der Waals surface area contributed by atoms with Crippen LogP contribution in [0.4, 0.5) is 0 Å². The van der Waals surface area contributed by atoms with Gasteiger partial charge in [0, 0.05) is 6.42 Å². The lowest BCUT2D eigenvalue weighted by molar-refractivity contribution is 0.609. The van der Waals surface area contributed by atoms with Gasteiger partial charge in [-0.25, -0.2) is 0 Å². The topological polar surface area (TPSA) is 23.8 Å². The van der Waals surface area contributed by atoms with E-state index < -0.39 is 0 Å². The Labute approximate surface area is 57.0 Å². The molecular weight excluding hydrogens is 110 g/mol. The van der Waals surface area contributed by atoms with Crippen LogP contribution >= 0.6 is 0 Å². The summed E-state index contributed by atoms with van der Waals surface area (Å²) in [6, 6.07) is 2.14. The first-order valence-electron chi connectivity index (χ1n) is 3.29. The van der Waals surface area contributed by atoms with Crippen LogP contribution in [0, 0.1) is 17.2 Å². The van der Waals surface area contributed by atoms with Crippen LogP contribution in [0.2, 0.25) is 0 Å². The number of hydrogen-bond acceptors (Lipinski definition) is 1. The lowest BCUT2D eigenvalue weighted by Gasteiger charge is -1.99. The molecular formula is C8H13N. The summed E-state index contributed by atoms with van der Waals surface area (Å²) < 4.78 is 0. The predicted octanol–water partition coefficient (Wildman–Crippen LogP) is 2.50. The Kier molecular flexibility index (Phi) is 4.91. The molecule has 0 aromatic rings. The first kappa shape index (κ1) is 8.23. The molecule has 50 valence electrons. The number of rotatable bonds is 3. The zero-order valence-electron chi connectivity index (χ0n) is 6.09. The van der Waals surface area contributed by atoms with Gasteiger partial charge in [0.2, 0.25) is 0 Å². The van der Waals surface area contributed by atoms with E-state index in [9.17, 15) is 0 Å². The number of nitrogens with zero attached hydrogens (tertiary/aromatic N) is 1. The maximum Gasteiger partial charge on any atom is 0.0624 e. The lowest BCUT2D eigenvalue weighted by atomic mass is 10.1. The number of nitriles is 1. The second kappa shape index (κ2) is 5.37. The highest BCUT2D eigenvalue weighted by molar-refractivity contribution is 4.82. The van der Waals surface area contributed by atoms with Crippen LogP contribution in [0.1, 0.15) is 26.7 Å². The molecule has 0 aromatic carbocycles. The summed E-state index contributed by atoms with van der Waals surface area (Å²) in [5, 5.41) is 8.26. The average molecular weight is 123 g/mol. The van der Waals surface area contributed by atoms with Gasteiger partial charge in [-0.1, -0.05) is 19.1 Å². The summed E-state index contributed by atoms with van der Waals surface area (Å²) in [7, 11) is 0. The third kappa shape index (κ3) is 5.10. The maximum absolute atomic E-state index is 8.26. The van der Waals surface area contributed by atoms with Crippen LogP contribution in [0.3, 0.4) is 0 Å². The van der Waals surface area contributed by atoms with E-state index in [0.29, 0.717) is 12.3 Å². The molecule has 0 bridgehead atoms. The summed E-state index contributed by atoms with van der Waals surface area (Å²) >= 11 is 0. The Hall–Kier alpha value is -0.770. The van der Waals surface area contributed by atoms with Crippen molar-refractivity contribution >= 4 is 0 Å². The van der Waals surface area contributed by atoms with E-state index in [1.54, 1.807) is 0 Å². The third-order valence-corrected chi connectivity index (χ3v) is 1.21. The minimum atomic E-state index is 0.520. The van der Waals surface area contributed by atoms with Crippen molar-refractivity contribution in [1.82, 2.24) is 0 Å². The second-order valence-electron chi connectivity index (χ2n) is 2.27. The van der Waals surface area contributed by atoms with E-state index in [-0.39, 0.29) is 0 Å². The van der Waals surface area contributed by atoms with Crippen molar-refractivity contribution in [3.05, 3.63) is 12.2 Å². The van der Waals surface area contributed by atoms with Gasteiger partial charge in [-0.05, 0) is 19.3 Å². The molecule has 0 fully saturated rings. The van der Waals surface area contributed by atoms with Gasteiger partial charge in [0.15, 0.2) is 0 Å². The zero-order chi connectivity index (χ0) is 7.11. The Morgan fingerprint density at radius 1 is 1.67 bits per heavy atom. The Morgan fingerprint density at radius 3 is 2.78 bits per heavy atom. The quantitative estimate of drug-likeness (QED) is 0.529. The fourth-order valence-corrected chi connectivity index (χ4v) is 0.608. The molecule has 0 aromatic heterocycles. The van der Waals surface area contributed by atoms with Crippen LogP contribution in [0.5, 0.6) is 0 Å². The summed E-state index contributed by atoms with van der Waals surface area (Å²) in [4.78, 5) is 0. The fourth-order valence-electron chi connectivity index (χ4n) is 0.608. The van der Waals surface area contributed by atoms with E-state index in [1.165, 1.54) is 0 Å². The van der Waals surface area contributed by atoms with Gasteiger partial charge >= 0.3 is 0 Å². The highest BCUT2D eigenvalue weighted by Gasteiger charge is 1.95. The van der Waals surface area contributed by atoms with E-state index in [2.05, 4.69) is 19.1 Å². The molecule has 0 aliphatic heterocycles. The van der Waals surface area contributed by atoms with Crippen LogP contribution in [0.25, 0.3) is 0 Å². The highest BCUT2D eigenvalue weighted by Crippen LogP contribution is 2.05. The van der Waals surface area contributed by atoms with Crippen LogP contribution < -0.4 is 0 Å². The van der Waals surface area contributed by atoms with Crippen LogP contribution in [-0.2, 0) is 0 Å². The molecule has 0 saturated heterocycles. The van der Waals surface area contributed by atoms with Crippen molar-refractivity contribution in [3.8, 4) is 6.07 Å². The smallest absolute Gasteiger partial charge is 0.0624 e. The molecule has 0 aliphatic rings. The minimum Gasteiger partial charge on any atom is -0.198 e. The van der Waals surface area contributed by atoms with Gasteiger partial charge in [0.05, 0.1) is 6.07 Å². The molecule has 1 atom stereocenters. The summed E-state index contributed by atoms with van der Waals surface area (Å²) in [5.41, 5.74) is 0. The number of allylic oxidation sites excluding steroid dienone is 2. The number of hydrogen-bond donors (Lipinski definition) is 0. The van der Waals surface area contributed by atoms with Gasteiger partial charge in [0.1, 0.15) is 0 Å². The Morgan fingerprint density at radius 2 is 2.33 bits per heavy atom. The van der Waals surface area contributed by atoms with Crippen molar-refractivity contribution in [2.45, 2.75) is 26.7 Å². The van der Waals surface area contributed by atoms with Gasteiger partial charge < -0.3 is 0 Å². The van der Waals surface area contributed by atoms with Gasteiger partial charge in [-0.15, -0.1) is 0 Å². The maximum atomic E-state index is 8.26. The van der Waals surface area contributed by atoms with Gasteiger partial charge in [-0.2, -0.15) is 5.26 Å². The fraction of sp³-hybridized carbons (Fsp3) is 0.625. The monoisotopic (exact) mass is 123 g/mol. The molecule has 1 unspecified atom stereocenters. The van der Waals surface area contributed by atoms with Gasteiger partial charge in [-0.3, -0.25) is 0 Å². The van der Waals surface area contributed by atoms with Crippen molar-refractivity contribution in [2.75, 3.05) is 0 Å². The normalized spacial score (nSPS) is 13.4. The highest BCUT2D eigenvalue weighted by atomic mass is 14.2. The van der Waals surface area contributed by atoms with E-state index in [4.69, 9.17) is 5.26 Å². The SMILES string of the molecule is CC=CCC(C)CC#N. The van der Waals surface area contributed by atoms with Crippen molar-refractivity contribution in [2.24, 2.45) is 5.92 Å².